The van der Waals surface area contributed by atoms with Crippen molar-refractivity contribution in [2.24, 2.45) is 0 Å². The minimum atomic E-state index is -4.14. The van der Waals surface area contributed by atoms with Gasteiger partial charge in [0.15, 0.2) is 0 Å². The topological polar surface area (TPSA) is 86.8 Å². The molecule has 224 valence electrons. The maximum atomic E-state index is 14.2. The van der Waals surface area contributed by atoms with Crippen molar-refractivity contribution in [3.05, 3.63) is 93.5 Å². The highest BCUT2D eigenvalue weighted by molar-refractivity contribution is 7.92. The molecule has 0 unspecified atom stereocenters. The summed E-state index contributed by atoms with van der Waals surface area (Å²) in [6, 6.07) is 17.6. The van der Waals surface area contributed by atoms with Crippen LogP contribution in [0.1, 0.15) is 55.7 Å². The number of halogens is 2. The lowest BCUT2D eigenvalue weighted by Gasteiger charge is -2.33. The zero-order chi connectivity index (χ0) is 30.4. The molecule has 3 aromatic rings. The number of aryl methyl sites for hydroxylation is 2. The fourth-order valence-electron chi connectivity index (χ4n) is 5.35. The molecule has 0 bridgehead atoms. The van der Waals surface area contributed by atoms with Gasteiger partial charge in [-0.2, -0.15) is 0 Å². The first-order chi connectivity index (χ1) is 20.0. The molecule has 10 heteroatoms. The Bertz CT molecular complexity index is 1490. The summed E-state index contributed by atoms with van der Waals surface area (Å²) in [5.74, 6) is -0.863. The van der Waals surface area contributed by atoms with E-state index in [4.69, 9.17) is 23.2 Å². The van der Waals surface area contributed by atoms with E-state index in [-0.39, 0.29) is 23.4 Å². The van der Waals surface area contributed by atoms with Gasteiger partial charge in [-0.05, 0) is 81.1 Å². The number of rotatable bonds is 10. The van der Waals surface area contributed by atoms with Crippen molar-refractivity contribution in [2.45, 2.75) is 76.4 Å². The molecule has 0 heterocycles. The summed E-state index contributed by atoms with van der Waals surface area (Å²) in [5, 5.41) is 3.79. The number of sulfonamides is 1. The first-order valence-electron chi connectivity index (χ1n) is 14.2. The van der Waals surface area contributed by atoms with Crippen LogP contribution in [0.15, 0.2) is 71.6 Å². The Hall–Kier alpha value is -3.07. The molecule has 0 radical (unpaired) electrons. The largest absolute Gasteiger partial charge is 0.352 e. The van der Waals surface area contributed by atoms with Crippen LogP contribution < -0.4 is 9.62 Å². The van der Waals surface area contributed by atoms with Crippen LogP contribution in [-0.2, 0) is 26.2 Å². The van der Waals surface area contributed by atoms with Crippen LogP contribution in [0.4, 0.5) is 5.69 Å². The van der Waals surface area contributed by atoms with Gasteiger partial charge in [-0.3, -0.25) is 13.9 Å². The molecule has 0 saturated heterocycles. The summed E-state index contributed by atoms with van der Waals surface area (Å²) in [6.07, 6.45) is 5.00. The zero-order valence-electron chi connectivity index (χ0n) is 24.1. The third-order valence-electron chi connectivity index (χ3n) is 7.61. The first-order valence-corrected chi connectivity index (χ1v) is 16.4. The number of carbonyl (C=O) groups is 2. The minimum absolute atomic E-state index is 0.0415. The number of nitrogens with zero attached hydrogens (tertiary/aromatic N) is 2. The average Bonchev–Trinajstić information content (AvgIpc) is 2.95. The number of amides is 2. The summed E-state index contributed by atoms with van der Waals surface area (Å²) in [6.45, 7) is 4.80. The van der Waals surface area contributed by atoms with Gasteiger partial charge >= 0.3 is 0 Å². The van der Waals surface area contributed by atoms with Crippen molar-refractivity contribution in [1.82, 2.24) is 10.2 Å². The van der Waals surface area contributed by atoms with E-state index in [0.717, 1.165) is 47.5 Å². The van der Waals surface area contributed by atoms with Gasteiger partial charge in [-0.15, -0.1) is 0 Å². The first kappa shape index (κ1) is 31.9. The molecule has 7 nitrogen and oxygen atoms in total. The molecule has 1 N–H and O–H groups in total. The maximum Gasteiger partial charge on any atom is 0.264 e. The Morgan fingerprint density at radius 2 is 1.50 bits per heavy atom. The number of nitrogens with one attached hydrogen (secondary N) is 1. The van der Waals surface area contributed by atoms with Gasteiger partial charge in [0.05, 0.1) is 10.6 Å². The maximum absolute atomic E-state index is 14.2. The minimum Gasteiger partial charge on any atom is -0.352 e. The highest BCUT2D eigenvalue weighted by atomic mass is 35.5. The van der Waals surface area contributed by atoms with Crippen molar-refractivity contribution < 1.29 is 18.0 Å². The van der Waals surface area contributed by atoms with E-state index >= 15 is 0 Å². The van der Waals surface area contributed by atoms with Gasteiger partial charge in [0, 0.05) is 28.2 Å². The van der Waals surface area contributed by atoms with E-state index in [1.54, 1.807) is 55.5 Å². The van der Waals surface area contributed by atoms with Crippen molar-refractivity contribution in [1.29, 1.82) is 0 Å². The Morgan fingerprint density at radius 1 is 0.905 bits per heavy atom. The lowest BCUT2D eigenvalue weighted by Crippen LogP contribution is -2.53. The average molecular weight is 631 g/mol. The fourth-order valence-corrected chi connectivity index (χ4v) is 7.28. The highest BCUT2D eigenvalue weighted by Gasteiger charge is 2.34. The van der Waals surface area contributed by atoms with Gasteiger partial charge in [0.1, 0.15) is 12.6 Å². The van der Waals surface area contributed by atoms with E-state index in [0.29, 0.717) is 21.3 Å². The SMILES string of the molecule is Cc1cc(C)cc(N(CC(=O)N(Cc2c(Cl)cccc2Cl)[C@H](C)C(=O)NC2CCCCC2)S(=O)(=O)c2ccccc2)c1. The van der Waals surface area contributed by atoms with E-state index in [2.05, 4.69) is 5.32 Å². The van der Waals surface area contributed by atoms with Gasteiger partial charge in [0.2, 0.25) is 11.8 Å². The molecule has 2 amide bonds. The van der Waals surface area contributed by atoms with Gasteiger partial charge in [-0.1, -0.05) is 72.8 Å². The third kappa shape index (κ3) is 7.65. The Balaban J connectivity index is 1.72. The number of hydrogen-bond acceptors (Lipinski definition) is 4. The van der Waals surface area contributed by atoms with E-state index < -0.39 is 28.5 Å². The summed E-state index contributed by atoms with van der Waals surface area (Å²) in [7, 11) is -4.14. The summed E-state index contributed by atoms with van der Waals surface area (Å²) < 4.78 is 29.1. The van der Waals surface area contributed by atoms with E-state index in [9.17, 15) is 18.0 Å². The number of anilines is 1. The van der Waals surface area contributed by atoms with Crippen LogP contribution in [0.3, 0.4) is 0 Å². The molecule has 1 aliphatic rings. The van der Waals surface area contributed by atoms with Crippen molar-refractivity contribution in [3.63, 3.8) is 0 Å². The van der Waals surface area contributed by atoms with Crippen LogP contribution in [0.2, 0.25) is 10.0 Å². The molecule has 3 aromatic carbocycles. The molecule has 0 aromatic heterocycles. The summed E-state index contributed by atoms with van der Waals surface area (Å²) >= 11 is 13.0. The second-order valence-electron chi connectivity index (χ2n) is 10.9. The Labute approximate surface area is 258 Å². The monoisotopic (exact) mass is 629 g/mol. The normalized spacial score (nSPS) is 14.7. The molecule has 0 aliphatic heterocycles. The summed E-state index contributed by atoms with van der Waals surface area (Å²) in [5.41, 5.74) is 2.55. The highest BCUT2D eigenvalue weighted by Crippen LogP contribution is 2.29. The molecule has 42 heavy (non-hydrogen) atoms. The second kappa shape index (κ2) is 13.9. The molecule has 0 spiro atoms. The number of benzene rings is 3. The number of carbonyl (C=O) groups excluding carboxylic acids is 2. The molecule has 1 saturated carbocycles. The smallest absolute Gasteiger partial charge is 0.264 e. The quantitative estimate of drug-likeness (QED) is 0.271. The zero-order valence-corrected chi connectivity index (χ0v) is 26.5. The lowest BCUT2D eigenvalue weighted by atomic mass is 9.95. The predicted molar refractivity (Wildman–Crippen MR) is 168 cm³/mol. The molecular weight excluding hydrogens is 593 g/mol. The molecule has 1 atom stereocenters. The Kier molecular flexibility index (Phi) is 10.6. The van der Waals surface area contributed by atoms with Crippen LogP contribution in [0, 0.1) is 13.8 Å². The molecule has 1 fully saturated rings. The third-order valence-corrected chi connectivity index (χ3v) is 10.1. The van der Waals surface area contributed by atoms with E-state index in [1.807, 2.05) is 19.9 Å². The van der Waals surface area contributed by atoms with Crippen LogP contribution >= 0.6 is 23.2 Å². The van der Waals surface area contributed by atoms with Gasteiger partial charge in [0.25, 0.3) is 10.0 Å². The fraction of sp³-hybridized carbons (Fsp3) is 0.375. The van der Waals surface area contributed by atoms with Crippen LogP contribution in [0.25, 0.3) is 0 Å². The Morgan fingerprint density at radius 3 is 2.10 bits per heavy atom. The van der Waals surface area contributed by atoms with Gasteiger partial charge < -0.3 is 10.2 Å². The molecule has 1 aliphatic carbocycles. The van der Waals surface area contributed by atoms with Crippen LogP contribution in [-0.4, -0.2) is 43.8 Å². The second-order valence-corrected chi connectivity index (χ2v) is 13.6. The lowest BCUT2D eigenvalue weighted by molar-refractivity contribution is -0.139. The predicted octanol–water partition coefficient (Wildman–Crippen LogP) is 6.67. The standard InChI is InChI=1S/C32H37Cl2N3O4S/c1-22-17-23(2)19-26(18-22)37(42(40,41)27-13-8-5-9-14-27)21-31(38)36(20-28-29(33)15-10-16-30(28)34)24(3)32(39)35-25-11-6-4-7-12-25/h5,8-10,13-19,24-25H,4,6-7,11-12,20-21H2,1-3H3,(H,35,39)/t24-/m1/s1. The van der Waals surface area contributed by atoms with Crippen molar-refractivity contribution in [2.75, 3.05) is 10.8 Å². The van der Waals surface area contributed by atoms with Crippen molar-refractivity contribution >= 4 is 50.7 Å². The molecule has 4 rings (SSSR count). The van der Waals surface area contributed by atoms with Gasteiger partial charge in [-0.25, -0.2) is 8.42 Å². The van der Waals surface area contributed by atoms with Crippen LogP contribution in [0.5, 0.6) is 0 Å². The van der Waals surface area contributed by atoms with Crippen molar-refractivity contribution in [3.8, 4) is 0 Å². The molecular formula is C32H37Cl2N3O4S. The summed E-state index contributed by atoms with van der Waals surface area (Å²) in [4.78, 5) is 29.1. The van der Waals surface area contributed by atoms with E-state index in [1.165, 1.54) is 17.0 Å². The number of hydrogen-bond donors (Lipinski definition) is 1.